The zero-order valence-electron chi connectivity index (χ0n) is 22.5. The lowest BCUT2D eigenvalue weighted by molar-refractivity contribution is -0.274. The molecule has 212 valence electrons. The van der Waals surface area contributed by atoms with Gasteiger partial charge in [0.1, 0.15) is 12.1 Å². The van der Waals surface area contributed by atoms with Gasteiger partial charge in [-0.1, -0.05) is 36.9 Å². The molecule has 1 fully saturated rings. The molecule has 1 aromatic heterocycles. The van der Waals surface area contributed by atoms with Crippen molar-refractivity contribution in [1.29, 1.82) is 0 Å². The van der Waals surface area contributed by atoms with E-state index >= 15 is 0 Å². The average molecular weight is 581 g/mol. The van der Waals surface area contributed by atoms with Crippen molar-refractivity contribution in [3.63, 3.8) is 0 Å². The molecule has 0 radical (unpaired) electrons. The highest BCUT2D eigenvalue weighted by Gasteiger charge is 2.31. The van der Waals surface area contributed by atoms with E-state index in [0.717, 1.165) is 29.1 Å². The largest absolute Gasteiger partial charge is 0.573 e. The standard InChI is InChI=1S/C29H27F3N6O2S/c1-18-15-37(25-19(2)5-4-6-20(25)3)28(41-16-18)35-27(39)34-22-9-7-21(8-10-22)26-33-17-38(36-26)23-11-13-24(14-12-23)40-29(30,31)32/h4-14,17-18H,15-16H2,1-3H3,(H,34,39). The van der Waals surface area contributed by atoms with E-state index in [0.29, 0.717) is 33.8 Å². The van der Waals surface area contributed by atoms with E-state index in [-0.39, 0.29) is 5.75 Å². The molecule has 1 N–H and O–H groups in total. The van der Waals surface area contributed by atoms with Gasteiger partial charge in [-0.3, -0.25) is 0 Å². The highest BCUT2D eigenvalue weighted by atomic mass is 32.2. The van der Waals surface area contributed by atoms with E-state index in [9.17, 15) is 18.0 Å². The number of urea groups is 1. The first-order chi connectivity index (χ1) is 19.6. The minimum absolute atomic E-state index is 0.320. The molecule has 0 bridgehead atoms. The summed E-state index contributed by atoms with van der Waals surface area (Å²) in [4.78, 5) is 23.7. The molecule has 3 aromatic carbocycles. The van der Waals surface area contributed by atoms with Gasteiger partial charge in [0.2, 0.25) is 0 Å². The third-order valence-corrected chi connectivity index (χ3v) is 7.66. The first-order valence-corrected chi connectivity index (χ1v) is 13.8. The van der Waals surface area contributed by atoms with Crippen molar-refractivity contribution >= 4 is 34.3 Å². The zero-order valence-corrected chi connectivity index (χ0v) is 23.3. The maximum absolute atomic E-state index is 12.9. The number of carbonyl (C=O) groups excluding carboxylic acids is 1. The number of ether oxygens (including phenoxy) is 1. The summed E-state index contributed by atoms with van der Waals surface area (Å²) in [6.45, 7) is 7.09. The van der Waals surface area contributed by atoms with Crippen LogP contribution in [0.25, 0.3) is 17.1 Å². The number of aromatic nitrogens is 3. The smallest absolute Gasteiger partial charge is 0.406 e. The number of halogens is 3. The van der Waals surface area contributed by atoms with Crippen molar-refractivity contribution in [2.24, 2.45) is 10.9 Å². The SMILES string of the molecule is Cc1cccc(C)c1N1CC(C)CSC1=NC(=O)Nc1ccc(-c2ncn(-c3ccc(OC(F)(F)F)cc3)n2)cc1. The van der Waals surface area contributed by atoms with Crippen LogP contribution in [-0.2, 0) is 0 Å². The van der Waals surface area contributed by atoms with Crippen LogP contribution in [0.4, 0.5) is 29.3 Å². The average Bonchev–Trinajstić information content (AvgIpc) is 3.40. The maximum Gasteiger partial charge on any atom is 0.573 e. The summed E-state index contributed by atoms with van der Waals surface area (Å²) in [5, 5.41) is 7.90. The molecule has 5 rings (SSSR count). The third-order valence-electron chi connectivity index (χ3n) is 6.35. The number of thioether (sulfide) groups is 1. The van der Waals surface area contributed by atoms with Gasteiger partial charge in [-0.15, -0.1) is 18.3 Å². The number of anilines is 2. The number of amides is 2. The molecule has 12 heteroatoms. The second-order valence-electron chi connectivity index (χ2n) is 9.72. The lowest BCUT2D eigenvalue weighted by Gasteiger charge is -2.35. The molecule has 1 aliphatic rings. The minimum Gasteiger partial charge on any atom is -0.406 e. The molecule has 2 heterocycles. The number of nitrogens with zero attached hydrogens (tertiary/aromatic N) is 5. The fourth-order valence-corrected chi connectivity index (χ4v) is 5.52. The Morgan fingerprint density at radius 2 is 1.73 bits per heavy atom. The lowest BCUT2D eigenvalue weighted by Crippen LogP contribution is -2.40. The van der Waals surface area contributed by atoms with Crippen LogP contribution in [0.5, 0.6) is 5.75 Å². The number of benzene rings is 3. The molecule has 4 aromatic rings. The van der Waals surface area contributed by atoms with Gasteiger partial charge in [-0.2, -0.15) is 4.99 Å². The molecule has 0 saturated carbocycles. The van der Waals surface area contributed by atoms with E-state index in [1.807, 2.05) is 6.07 Å². The third kappa shape index (κ3) is 6.88. The molecule has 1 aliphatic heterocycles. The molecule has 1 atom stereocenters. The molecular weight excluding hydrogens is 553 g/mol. The predicted octanol–water partition coefficient (Wildman–Crippen LogP) is 7.23. The summed E-state index contributed by atoms with van der Waals surface area (Å²) in [6, 6.07) is 18.0. The Morgan fingerprint density at radius 1 is 1.05 bits per heavy atom. The molecular formula is C29H27F3N6O2S. The fraction of sp³-hybridized carbons (Fsp3) is 0.241. The Balaban J connectivity index is 1.27. The summed E-state index contributed by atoms with van der Waals surface area (Å²) in [5.74, 6) is 1.43. The molecule has 1 saturated heterocycles. The van der Waals surface area contributed by atoms with E-state index < -0.39 is 12.4 Å². The van der Waals surface area contributed by atoms with Gasteiger partial charge in [0.15, 0.2) is 11.0 Å². The number of para-hydroxylation sites is 1. The second-order valence-corrected chi connectivity index (χ2v) is 10.7. The number of hydrogen-bond donors (Lipinski definition) is 1. The van der Waals surface area contributed by atoms with E-state index in [2.05, 4.69) is 62.9 Å². The molecule has 2 amide bonds. The van der Waals surface area contributed by atoms with Crippen LogP contribution in [0.3, 0.4) is 0 Å². The van der Waals surface area contributed by atoms with Crippen molar-refractivity contribution in [2.45, 2.75) is 27.1 Å². The predicted molar refractivity (Wildman–Crippen MR) is 155 cm³/mol. The minimum atomic E-state index is -4.76. The van der Waals surface area contributed by atoms with Gasteiger partial charge < -0.3 is 15.0 Å². The van der Waals surface area contributed by atoms with Gasteiger partial charge in [0.05, 0.1) is 5.69 Å². The van der Waals surface area contributed by atoms with Crippen LogP contribution < -0.4 is 15.0 Å². The molecule has 41 heavy (non-hydrogen) atoms. The number of aliphatic imine (C=N–C) groups is 1. The highest BCUT2D eigenvalue weighted by molar-refractivity contribution is 8.14. The summed E-state index contributed by atoms with van der Waals surface area (Å²) in [5.41, 5.74) is 5.13. The molecule has 8 nitrogen and oxygen atoms in total. The fourth-order valence-electron chi connectivity index (χ4n) is 4.51. The highest BCUT2D eigenvalue weighted by Crippen LogP contribution is 2.32. The Morgan fingerprint density at radius 3 is 2.39 bits per heavy atom. The normalized spacial score (nSPS) is 16.6. The Hall–Kier alpha value is -4.32. The topological polar surface area (TPSA) is 84.6 Å². The second kappa shape index (κ2) is 11.7. The summed E-state index contributed by atoms with van der Waals surface area (Å²) in [7, 11) is 0. The van der Waals surface area contributed by atoms with Crippen molar-refractivity contribution in [2.75, 3.05) is 22.5 Å². The van der Waals surface area contributed by atoms with Crippen molar-refractivity contribution in [1.82, 2.24) is 14.8 Å². The van der Waals surface area contributed by atoms with E-state index in [1.165, 1.54) is 35.3 Å². The monoisotopic (exact) mass is 580 g/mol. The molecule has 0 spiro atoms. The molecule has 0 aliphatic carbocycles. The van der Waals surface area contributed by atoms with Gasteiger partial charge in [-0.25, -0.2) is 14.5 Å². The quantitative estimate of drug-likeness (QED) is 0.268. The lowest BCUT2D eigenvalue weighted by atomic mass is 10.1. The number of nitrogens with one attached hydrogen (secondary N) is 1. The summed E-state index contributed by atoms with van der Waals surface area (Å²) < 4.78 is 42.5. The van der Waals surface area contributed by atoms with Crippen LogP contribution in [-0.4, -0.2) is 44.6 Å². The number of hydrogen-bond acceptors (Lipinski definition) is 5. The van der Waals surface area contributed by atoms with Crippen molar-refractivity contribution in [3.8, 4) is 22.8 Å². The van der Waals surface area contributed by atoms with Crippen LogP contribution in [0, 0.1) is 19.8 Å². The van der Waals surface area contributed by atoms with Crippen molar-refractivity contribution in [3.05, 3.63) is 84.2 Å². The number of amidine groups is 1. The number of carbonyl (C=O) groups is 1. The number of rotatable bonds is 5. The maximum atomic E-state index is 12.9. The Kier molecular flexibility index (Phi) is 8.02. The van der Waals surface area contributed by atoms with Gasteiger partial charge in [-0.05, 0) is 79.4 Å². The van der Waals surface area contributed by atoms with Crippen LogP contribution >= 0.6 is 11.8 Å². The Labute approximate surface area is 239 Å². The Bertz CT molecular complexity index is 1550. The molecule has 1 unspecified atom stereocenters. The van der Waals surface area contributed by atoms with Crippen molar-refractivity contribution < 1.29 is 22.7 Å². The first-order valence-electron chi connectivity index (χ1n) is 12.8. The number of aryl methyl sites for hydroxylation is 2. The van der Waals surface area contributed by atoms with E-state index in [1.54, 1.807) is 36.0 Å². The van der Waals surface area contributed by atoms with Crippen LogP contribution in [0.15, 0.2) is 78.0 Å². The number of alkyl halides is 3. The van der Waals surface area contributed by atoms with Gasteiger partial charge in [0.25, 0.3) is 0 Å². The first kappa shape index (κ1) is 28.2. The van der Waals surface area contributed by atoms with Crippen LogP contribution in [0.1, 0.15) is 18.1 Å². The van der Waals surface area contributed by atoms with Gasteiger partial charge >= 0.3 is 12.4 Å². The van der Waals surface area contributed by atoms with Crippen LogP contribution in [0.2, 0.25) is 0 Å². The van der Waals surface area contributed by atoms with E-state index in [4.69, 9.17) is 0 Å². The summed E-state index contributed by atoms with van der Waals surface area (Å²) >= 11 is 1.57. The van der Waals surface area contributed by atoms with Gasteiger partial charge in [0, 0.05) is 29.2 Å². The zero-order chi connectivity index (χ0) is 29.1. The summed E-state index contributed by atoms with van der Waals surface area (Å²) in [6.07, 6.45) is -3.29.